The van der Waals surface area contributed by atoms with Gasteiger partial charge >= 0.3 is 0 Å². The topological polar surface area (TPSA) is 67.1 Å². The third-order valence-electron chi connectivity index (χ3n) is 3.94. The molecule has 0 bridgehead atoms. The van der Waals surface area contributed by atoms with Gasteiger partial charge in [0.25, 0.3) is 0 Å². The van der Waals surface area contributed by atoms with Gasteiger partial charge in [-0.25, -0.2) is 0 Å². The number of furan rings is 1. The Hall–Kier alpha value is -1.98. The van der Waals surface area contributed by atoms with Crippen molar-refractivity contribution in [3.8, 4) is 0 Å². The zero-order valence-corrected chi connectivity index (χ0v) is 13.9. The van der Waals surface area contributed by atoms with Gasteiger partial charge in [-0.2, -0.15) is 0 Å². The third-order valence-corrected chi connectivity index (χ3v) is 3.94. The second-order valence-electron chi connectivity index (χ2n) is 5.46. The first-order valence-electron chi connectivity index (χ1n) is 7.66. The number of aryl methyl sites for hydroxylation is 1. The van der Waals surface area contributed by atoms with Crippen LogP contribution in [0.15, 0.2) is 47.1 Å². The molecule has 124 valence electrons. The Labute approximate surface area is 141 Å². The van der Waals surface area contributed by atoms with E-state index >= 15 is 0 Å². The maximum atomic E-state index is 10.3. The molecular weight excluding hydrogens is 314 g/mol. The molecule has 0 fully saturated rings. The highest BCUT2D eigenvalue weighted by atomic mass is 35.5. The van der Waals surface area contributed by atoms with Gasteiger partial charge in [-0.05, 0) is 30.7 Å². The standard InChI is InChI=1S/C17H21N3O2.ClH/c1-2-3-10-19-13-7-4-5-8-14(13)20(17(19)18)12-15(21)16-9-6-11-22-16;/h4-9,11,15,18,21H,2-3,10,12H2,1H3;1H. The summed E-state index contributed by atoms with van der Waals surface area (Å²) >= 11 is 0. The Balaban J connectivity index is 0.00000192. The number of hydrogen-bond acceptors (Lipinski definition) is 3. The van der Waals surface area contributed by atoms with E-state index < -0.39 is 6.10 Å². The predicted molar refractivity (Wildman–Crippen MR) is 91.6 cm³/mol. The minimum atomic E-state index is -0.755. The van der Waals surface area contributed by atoms with Crippen LogP contribution >= 0.6 is 12.4 Å². The molecule has 1 unspecified atom stereocenters. The number of para-hydroxylation sites is 2. The lowest BCUT2D eigenvalue weighted by molar-refractivity contribution is 0.129. The number of rotatable bonds is 6. The molecule has 0 aliphatic carbocycles. The van der Waals surface area contributed by atoms with E-state index in [0.717, 1.165) is 30.4 Å². The second kappa shape index (κ2) is 7.53. The highest BCUT2D eigenvalue weighted by molar-refractivity contribution is 5.85. The van der Waals surface area contributed by atoms with Crippen LogP contribution in [0, 0.1) is 5.41 Å². The van der Waals surface area contributed by atoms with Gasteiger partial charge in [0.15, 0.2) is 0 Å². The van der Waals surface area contributed by atoms with Gasteiger partial charge in [-0.1, -0.05) is 25.5 Å². The van der Waals surface area contributed by atoms with Crippen LogP contribution in [0.1, 0.15) is 31.6 Å². The number of aliphatic hydroxyl groups is 1. The van der Waals surface area contributed by atoms with Crippen molar-refractivity contribution in [1.82, 2.24) is 9.13 Å². The summed E-state index contributed by atoms with van der Waals surface area (Å²) in [5.41, 5.74) is 2.42. The fourth-order valence-corrected chi connectivity index (χ4v) is 2.77. The molecule has 2 aromatic heterocycles. The lowest BCUT2D eigenvalue weighted by Gasteiger charge is -2.09. The Morgan fingerprint density at radius 2 is 1.83 bits per heavy atom. The normalized spacial score (nSPS) is 12.3. The number of aliphatic hydroxyl groups excluding tert-OH is 1. The Kier molecular flexibility index (Phi) is 5.69. The first kappa shape index (κ1) is 17.4. The number of hydrogen-bond donors (Lipinski definition) is 2. The largest absolute Gasteiger partial charge is 0.467 e. The van der Waals surface area contributed by atoms with E-state index in [1.54, 1.807) is 18.4 Å². The van der Waals surface area contributed by atoms with Gasteiger partial charge in [0, 0.05) is 6.54 Å². The zero-order valence-electron chi connectivity index (χ0n) is 13.1. The predicted octanol–water partition coefficient (Wildman–Crippen LogP) is 3.47. The lowest BCUT2D eigenvalue weighted by atomic mass is 10.2. The maximum absolute atomic E-state index is 10.3. The quantitative estimate of drug-likeness (QED) is 0.724. The molecule has 2 N–H and O–H groups in total. The van der Waals surface area contributed by atoms with Crippen molar-refractivity contribution in [2.24, 2.45) is 0 Å². The molecule has 0 saturated heterocycles. The minimum Gasteiger partial charge on any atom is -0.467 e. The van der Waals surface area contributed by atoms with Crippen LogP contribution in [0.4, 0.5) is 0 Å². The highest BCUT2D eigenvalue weighted by Crippen LogP contribution is 2.19. The minimum absolute atomic E-state index is 0. The van der Waals surface area contributed by atoms with Gasteiger partial charge in [0.05, 0.1) is 23.8 Å². The summed E-state index contributed by atoms with van der Waals surface area (Å²) in [5.74, 6) is 0.525. The molecule has 0 radical (unpaired) electrons. The molecule has 3 aromatic rings. The van der Waals surface area contributed by atoms with Crippen LogP contribution in [0.2, 0.25) is 0 Å². The lowest BCUT2D eigenvalue weighted by Crippen LogP contribution is -2.26. The molecule has 0 amide bonds. The molecule has 3 rings (SSSR count). The summed E-state index contributed by atoms with van der Waals surface area (Å²) in [4.78, 5) is 0. The van der Waals surface area contributed by atoms with Crippen LogP contribution in [-0.4, -0.2) is 14.2 Å². The van der Waals surface area contributed by atoms with Crippen LogP contribution in [0.25, 0.3) is 11.0 Å². The van der Waals surface area contributed by atoms with Crippen molar-refractivity contribution < 1.29 is 9.52 Å². The molecule has 0 saturated carbocycles. The summed E-state index contributed by atoms with van der Waals surface area (Å²) < 4.78 is 9.11. The van der Waals surface area contributed by atoms with Crippen LogP contribution in [0.5, 0.6) is 0 Å². The van der Waals surface area contributed by atoms with Crippen molar-refractivity contribution >= 4 is 23.4 Å². The van der Waals surface area contributed by atoms with Gasteiger partial charge in [-0.15, -0.1) is 12.4 Å². The average molecular weight is 336 g/mol. The van der Waals surface area contributed by atoms with Crippen molar-refractivity contribution in [1.29, 1.82) is 5.41 Å². The average Bonchev–Trinajstić information content (AvgIpc) is 3.14. The number of aromatic nitrogens is 2. The first-order valence-corrected chi connectivity index (χ1v) is 7.66. The third kappa shape index (κ3) is 3.35. The number of fused-ring (bicyclic) bond motifs is 1. The number of unbranched alkanes of at least 4 members (excludes halogenated alkanes) is 1. The van der Waals surface area contributed by atoms with Crippen molar-refractivity contribution in [3.63, 3.8) is 0 Å². The van der Waals surface area contributed by atoms with Gasteiger partial charge < -0.3 is 18.7 Å². The van der Waals surface area contributed by atoms with E-state index in [2.05, 4.69) is 6.92 Å². The number of nitrogens with zero attached hydrogens (tertiary/aromatic N) is 2. The highest BCUT2D eigenvalue weighted by Gasteiger charge is 2.16. The molecular formula is C17H22ClN3O2. The fraction of sp³-hybridized carbons (Fsp3) is 0.353. The van der Waals surface area contributed by atoms with Gasteiger partial charge in [0.2, 0.25) is 5.62 Å². The fourth-order valence-electron chi connectivity index (χ4n) is 2.77. The summed E-state index contributed by atoms with van der Waals surface area (Å²) in [6.07, 6.45) is 2.91. The molecule has 6 heteroatoms. The molecule has 1 aromatic carbocycles. The van der Waals surface area contributed by atoms with Crippen LogP contribution < -0.4 is 5.62 Å². The molecule has 2 heterocycles. The van der Waals surface area contributed by atoms with E-state index in [4.69, 9.17) is 9.83 Å². The molecule has 0 aliphatic rings. The van der Waals surface area contributed by atoms with E-state index in [9.17, 15) is 5.11 Å². The molecule has 0 spiro atoms. The summed E-state index contributed by atoms with van der Waals surface area (Å²) in [5, 5.41) is 18.8. The molecule has 1 atom stereocenters. The molecule has 5 nitrogen and oxygen atoms in total. The van der Waals surface area contributed by atoms with Crippen molar-refractivity contribution in [2.75, 3.05) is 0 Å². The summed E-state index contributed by atoms with van der Waals surface area (Å²) in [6.45, 7) is 3.27. The Morgan fingerprint density at radius 3 is 2.43 bits per heavy atom. The zero-order chi connectivity index (χ0) is 15.5. The number of nitrogens with one attached hydrogen (secondary N) is 1. The smallest absolute Gasteiger partial charge is 0.203 e. The number of benzene rings is 1. The summed E-state index contributed by atoms with van der Waals surface area (Å²) in [7, 11) is 0. The Morgan fingerprint density at radius 1 is 1.13 bits per heavy atom. The second-order valence-corrected chi connectivity index (χ2v) is 5.46. The van der Waals surface area contributed by atoms with Crippen molar-refractivity contribution in [2.45, 2.75) is 39.0 Å². The maximum Gasteiger partial charge on any atom is 0.203 e. The molecule has 23 heavy (non-hydrogen) atoms. The summed E-state index contributed by atoms with van der Waals surface area (Å²) in [6, 6.07) is 11.5. The van der Waals surface area contributed by atoms with E-state index in [0.29, 0.717) is 17.9 Å². The SMILES string of the molecule is CCCCn1c(=N)n(CC(O)c2ccco2)c2ccccc21.Cl. The monoisotopic (exact) mass is 335 g/mol. The van der Waals surface area contributed by atoms with E-state index in [1.807, 2.05) is 33.4 Å². The molecule has 0 aliphatic heterocycles. The van der Waals surface area contributed by atoms with E-state index in [1.165, 1.54) is 0 Å². The Bertz CT molecular complexity index is 805. The van der Waals surface area contributed by atoms with Gasteiger partial charge in [0.1, 0.15) is 11.9 Å². The van der Waals surface area contributed by atoms with Crippen molar-refractivity contribution in [3.05, 3.63) is 54.0 Å². The first-order chi connectivity index (χ1) is 10.7. The van der Waals surface area contributed by atoms with Gasteiger partial charge in [-0.3, -0.25) is 5.41 Å². The number of imidazole rings is 1. The van der Waals surface area contributed by atoms with Crippen LogP contribution in [0.3, 0.4) is 0 Å². The number of halogens is 1. The van der Waals surface area contributed by atoms with Crippen LogP contribution in [-0.2, 0) is 13.1 Å². The van der Waals surface area contributed by atoms with E-state index in [-0.39, 0.29) is 12.4 Å².